The summed E-state index contributed by atoms with van der Waals surface area (Å²) in [6, 6.07) is 4.82. The zero-order valence-electron chi connectivity index (χ0n) is 11.2. The second-order valence-corrected chi connectivity index (χ2v) is 6.55. The van der Waals surface area contributed by atoms with E-state index in [0.29, 0.717) is 5.56 Å². The molecule has 0 N–H and O–H groups in total. The van der Waals surface area contributed by atoms with Gasteiger partial charge in [0.15, 0.2) is 5.17 Å². The van der Waals surface area contributed by atoms with Crippen LogP contribution in [0.5, 0.6) is 0 Å². The number of nitrogens with zero attached hydrogens (tertiary/aromatic N) is 3. The topological polar surface area (TPSA) is 75.8 Å². The molecule has 3 aliphatic rings. The predicted octanol–water partition coefficient (Wildman–Crippen LogP) is 2.82. The summed E-state index contributed by atoms with van der Waals surface area (Å²) in [4.78, 5) is 30.4. The number of thioether (sulfide) groups is 1. The standard InChI is InChI=1S/C14H13N3O3S/c18-13-9-7-8(17(19)20)5-6-12(9)21-14-15-10-3-1-2-4-11(10)16(13)14/h5-7,10-11H,1-4H2/t10-,11-/m1/s1. The third kappa shape index (κ3) is 1.87. The van der Waals surface area contributed by atoms with Crippen molar-refractivity contribution in [2.75, 3.05) is 0 Å². The molecule has 0 unspecified atom stereocenters. The van der Waals surface area contributed by atoms with Crippen LogP contribution in [0.25, 0.3) is 0 Å². The number of benzene rings is 1. The Hall–Kier alpha value is -1.89. The summed E-state index contributed by atoms with van der Waals surface area (Å²) in [6.45, 7) is 0. The zero-order valence-corrected chi connectivity index (χ0v) is 12.0. The molecule has 6 nitrogen and oxygen atoms in total. The quantitative estimate of drug-likeness (QED) is 0.590. The Morgan fingerprint density at radius 3 is 2.95 bits per heavy atom. The highest BCUT2D eigenvalue weighted by Gasteiger charge is 2.44. The number of nitro benzene ring substituents is 1. The van der Waals surface area contributed by atoms with E-state index in [1.54, 1.807) is 11.0 Å². The van der Waals surface area contributed by atoms with Gasteiger partial charge in [0.05, 0.1) is 22.6 Å². The van der Waals surface area contributed by atoms with Crippen molar-refractivity contribution in [3.63, 3.8) is 0 Å². The highest BCUT2D eigenvalue weighted by molar-refractivity contribution is 8.14. The lowest BCUT2D eigenvalue weighted by Gasteiger charge is -2.33. The van der Waals surface area contributed by atoms with Gasteiger partial charge in [-0.2, -0.15) is 0 Å². The smallest absolute Gasteiger partial charge is 0.270 e. The van der Waals surface area contributed by atoms with E-state index in [-0.39, 0.29) is 23.7 Å². The number of amides is 1. The Morgan fingerprint density at radius 2 is 2.14 bits per heavy atom. The maximum atomic E-state index is 12.7. The van der Waals surface area contributed by atoms with Gasteiger partial charge in [-0.25, -0.2) is 0 Å². The molecule has 21 heavy (non-hydrogen) atoms. The summed E-state index contributed by atoms with van der Waals surface area (Å²) >= 11 is 1.45. The number of fused-ring (bicyclic) bond motifs is 4. The summed E-state index contributed by atoms with van der Waals surface area (Å²) in [5, 5.41) is 11.7. The molecule has 2 atom stereocenters. The minimum absolute atomic E-state index is 0.0394. The number of hydrogen-bond acceptors (Lipinski definition) is 5. The van der Waals surface area contributed by atoms with Crippen LogP contribution in [0.1, 0.15) is 36.0 Å². The van der Waals surface area contributed by atoms with Crippen LogP contribution in [0.15, 0.2) is 28.1 Å². The Bertz CT molecular complexity index is 688. The molecule has 1 aromatic rings. The summed E-state index contributed by atoms with van der Waals surface area (Å²) < 4.78 is 0. The van der Waals surface area contributed by atoms with Crippen molar-refractivity contribution >= 4 is 28.5 Å². The number of aliphatic imine (C=N–C) groups is 1. The fourth-order valence-electron chi connectivity index (χ4n) is 3.32. The molecule has 7 heteroatoms. The molecule has 2 heterocycles. The molecule has 0 aromatic heterocycles. The average Bonchev–Trinajstić information content (AvgIpc) is 2.85. The molecule has 1 fully saturated rings. The molecule has 0 radical (unpaired) electrons. The van der Waals surface area contributed by atoms with Crippen molar-refractivity contribution in [2.24, 2.45) is 4.99 Å². The first-order valence-electron chi connectivity index (χ1n) is 7.03. The average molecular weight is 303 g/mol. The van der Waals surface area contributed by atoms with Crippen molar-refractivity contribution in [3.8, 4) is 0 Å². The van der Waals surface area contributed by atoms with E-state index in [4.69, 9.17) is 0 Å². The normalized spacial score (nSPS) is 26.8. The second-order valence-electron chi connectivity index (χ2n) is 5.55. The third-order valence-electron chi connectivity index (χ3n) is 4.33. The molecule has 1 amide bonds. The molecular weight excluding hydrogens is 290 g/mol. The molecule has 2 aliphatic heterocycles. The molecule has 0 bridgehead atoms. The highest BCUT2D eigenvalue weighted by Crippen LogP contribution is 2.42. The Balaban J connectivity index is 1.76. The van der Waals surface area contributed by atoms with E-state index in [9.17, 15) is 14.9 Å². The summed E-state index contributed by atoms with van der Waals surface area (Å²) in [5.41, 5.74) is 0.391. The minimum Gasteiger partial charge on any atom is -0.282 e. The Labute approximate surface area is 125 Å². The fourth-order valence-corrected chi connectivity index (χ4v) is 4.41. The predicted molar refractivity (Wildman–Crippen MR) is 78.6 cm³/mol. The van der Waals surface area contributed by atoms with Gasteiger partial charge in [0.25, 0.3) is 11.6 Å². The summed E-state index contributed by atoms with van der Waals surface area (Å²) in [5.74, 6) is -0.138. The lowest BCUT2D eigenvalue weighted by atomic mass is 9.90. The molecule has 108 valence electrons. The van der Waals surface area contributed by atoms with Crippen LogP contribution >= 0.6 is 11.8 Å². The van der Waals surface area contributed by atoms with Crippen LogP contribution in [-0.4, -0.2) is 33.0 Å². The number of amidine groups is 1. The monoisotopic (exact) mass is 303 g/mol. The zero-order chi connectivity index (χ0) is 14.6. The largest absolute Gasteiger partial charge is 0.282 e. The van der Waals surface area contributed by atoms with Crippen molar-refractivity contribution in [2.45, 2.75) is 42.7 Å². The molecule has 1 aliphatic carbocycles. The first-order chi connectivity index (χ1) is 10.1. The van der Waals surface area contributed by atoms with E-state index in [2.05, 4.69) is 4.99 Å². The highest BCUT2D eigenvalue weighted by atomic mass is 32.2. The van der Waals surface area contributed by atoms with Crippen molar-refractivity contribution in [3.05, 3.63) is 33.9 Å². The van der Waals surface area contributed by atoms with E-state index < -0.39 is 4.92 Å². The van der Waals surface area contributed by atoms with Crippen LogP contribution in [0.2, 0.25) is 0 Å². The van der Waals surface area contributed by atoms with Crippen molar-refractivity contribution < 1.29 is 9.72 Å². The first kappa shape index (κ1) is 12.8. The molecule has 0 spiro atoms. The maximum absolute atomic E-state index is 12.7. The molecule has 1 saturated carbocycles. The number of nitro groups is 1. The van der Waals surface area contributed by atoms with Crippen LogP contribution in [0.3, 0.4) is 0 Å². The lowest BCUT2D eigenvalue weighted by Crippen LogP contribution is -2.46. The number of rotatable bonds is 1. The van der Waals surface area contributed by atoms with Gasteiger partial charge in [0.2, 0.25) is 0 Å². The van der Waals surface area contributed by atoms with E-state index in [1.807, 2.05) is 0 Å². The molecule has 4 rings (SSSR count). The Morgan fingerprint density at radius 1 is 1.33 bits per heavy atom. The molecule has 0 saturated heterocycles. The summed E-state index contributed by atoms with van der Waals surface area (Å²) in [6.07, 6.45) is 4.26. The first-order valence-corrected chi connectivity index (χ1v) is 7.84. The Kier molecular flexibility index (Phi) is 2.78. The van der Waals surface area contributed by atoms with Gasteiger partial charge in [-0.15, -0.1) is 0 Å². The molecule has 1 aromatic carbocycles. The maximum Gasteiger partial charge on any atom is 0.270 e. The minimum atomic E-state index is -0.463. The number of hydrogen-bond donors (Lipinski definition) is 0. The van der Waals surface area contributed by atoms with Crippen molar-refractivity contribution in [1.82, 2.24) is 4.90 Å². The fraction of sp³-hybridized carbons (Fsp3) is 0.429. The second kappa shape index (κ2) is 4.56. The van der Waals surface area contributed by atoms with Crippen LogP contribution in [0.4, 0.5) is 5.69 Å². The SMILES string of the molecule is O=C1c2cc([N+](=O)[O-])ccc2SC2=N[C@@H]3CCCC[C@H]3N12. The van der Waals surface area contributed by atoms with Gasteiger partial charge in [-0.1, -0.05) is 24.6 Å². The van der Waals surface area contributed by atoms with Gasteiger partial charge in [-0.3, -0.25) is 24.8 Å². The van der Waals surface area contributed by atoms with Crippen LogP contribution in [-0.2, 0) is 0 Å². The van der Waals surface area contributed by atoms with Gasteiger partial charge < -0.3 is 0 Å². The summed E-state index contributed by atoms with van der Waals surface area (Å²) in [7, 11) is 0. The van der Waals surface area contributed by atoms with Gasteiger partial charge in [0, 0.05) is 17.0 Å². The van der Waals surface area contributed by atoms with Crippen molar-refractivity contribution in [1.29, 1.82) is 0 Å². The number of carbonyl (C=O) groups excluding carboxylic acids is 1. The molecular formula is C14H13N3O3S. The third-order valence-corrected chi connectivity index (χ3v) is 5.39. The lowest BCUT2D eigenvalue weighted by molar-refractivity contribution is -0.384. The van der Waals surface area contributed by atoms with E-state index >= 15 is 0 Å². The van der Waals surface area contributed by atoms with E-state index in [0.717, 1.165) is 35.7 Å². The van der Waals surface area contributed by atoms with Gasteiger partial charge >= 0.3 is 0 Å². The van der Waals surface area contributed by atoms with Crippen LogP contribution in [0, 0.1) is 10.1 Å². The number of carbonyl (C=O) groups is 1. The van der Waals surface area contributed by atoms with Crippen LogP contribution < -0.4 is 0 Å². The van der Waals surface area contributed by atoms with Gasteiger partial charge in [0.1, 0.15) is 0 Å². The van der Waals surface area contributed by atoms with Gasteiger partial charge in [-0.05, 0) is 18.9 Å². The van der Waals surface area contributed by atoms with E-state index in [1.165, 1.54) is 23.9 Å². The number of non-ortho nitro benzene ring substituents is 1.